The molecule has 124 valence electrons. The van der Waals surface area contributed by atoms with E-state index in [0.29, 0.717) is 0 Å². The zero-order chi connectivity index (χ0) is 17.2. The van der Waals surface area contributed by atoms with Gasteiger partial charge in [-0.1, -0.05) is 48.0 Å². The summed E-state index contributed by atoms with van der Waals surface area (Å²) in [4.78, 5) is 1.39. The van der Waals surface area contributed by atoms with Gasteiger partial charge in [-0.15, -0.1) is 11.3 Å². The third-order valence-corrected chi connectivity index (χ3v) is 6.25. The Morgan fingerprint density at radius 3 is 2.17 bits per heavy atom. The summed E-state index contributed by atoms with van der Waals surface area (Å²) >= 11 is 1.62. The Hall–Kier alpha value is -1.95. The van der Waals surface area contributed by atoms with Gasteiger partial charge >= 0.3 is 0 Å². The van der Waals surface area contributed by atoms with Crippen molar-refractivity contribution in [3.63, 3.8) is 0 Å². The van der Waals surface area contributed by atoms with Crippen LogP contribution in [0.1, 0.15) is 27.6 Å². The van der Waals surface area contributed by atoms with Crippen LogP contribution in [0.25, 0.3) is 0 Å². The maximum absolute atomic E-state index is 12.8. The maximum atomic E-state index is 12.8. The van der Waals surface area contributed by atoms with Gasteiger partial charge in [-0.3, -0.25) is 0 Å². The summed E-state index contributed by atoms with van der Waals surface area (Å²) in [5.41, 5.74) is 2.94. The minimum Gasteiger partial charge on any atom is -0.207 e. The van der Waals surface area contributed by atoms with Crippen molar-refractivity contribution in [1.29, 1.82) is 0 Å². The Labute approximate surface area is 147 Å². The molecule has 0 saturated carbocycles. The topological polar surface area (TPSA) is 46.2 Å². The molecule has 0 amide bonds. The molecule has 0 fully saturated rings. The molecule has 24 heavy (non-hydrogen) atoms. The van der Waals surface area contributed by atoms with Crippen LogP contribution in [0.15, 0.2) is 70.9 Å². The van der Waals surface area contributed by atoms with Crippen molar-refractivity contribution in [3.8, 4) is 0 Å². The summed E-state index contributed by atoms with van der Waals surface area (Å²) in [6.45, 7) is 3.95. The van der Waals surface area contributed by atoms with E-state index in [9.17, 15) is 8.42 Å². The molecule has 0 spiro atoms. The van der Waals surface area contributed by atoms with E-state index in [1.165, 1.54) is 0 Å². The van der Waals surface area contributed by atoms with Crippen LogP contribution >= 0.6 is 11.3 Å². The van der Waals surface area contributed by atoms with Crippen LogP contribution in [0.2, 0.25) is 0 Å². The molecule has 5 heteroatoms. The van der Waals surface area contributed by atoms with Gasteiger partial charge < -0.3 is 0 Å². The molecule has 3 aromatic rings. The van der Waals surface area contributed by atoms with E-state index >= 15 is 0 Å². The first-order chi connectivity index (χ1) is 11.5. The minimum atomic E-state index is -3.61. The van der Waals surface area contributed by atoms with Crippen LogP contribution in [-0.4, -0.2) is 8.42 Å². The predicted octanol–water partition coefficient (Wildman–Crippen LogP) is 4.43. The second-order valence-electron chi connectivity index (χ2n) is 5.71. The summed E-state index contributed by atoms with van der Waals surface area (Å²) in [6, 6.07) is 18.1. The summed E-state index contributed by atoms with van der Waals surface area (Å²) in [7, 11) is -3.61. The molecule has 0 aliphatic heterocycles. The van der Waals surface area contributed by atoms with Crippen LogP contribution in [-0.2, 0) is 10.0 Å². The van der Waals surface area contributed by atoms with Crippen molar-refractivity contribution in [3.05, 3.63) is 87.6 Å². The van der Waals surface area contributed by atoms with Gasteiger partial charge in [0.25, 0.3) is 0 Å². The molecule has 1 heterocycles. The highest BCUT2D eigenvalue weighted by molar-refractivity contribution is 7.89. The molecule has 0 saturated heterocycles. The van der Waals surface area contributed by atoms with Crippen molar-refractivity contribution in [2.45, 2.75) is 24.8 Å². The smallest absolute Gasteiger partial charge is 0.207 e. The van der Waals surface area contributed by atoms with Crippen LogP contribution in [0.4, 0.5) is 0 Å². The number of rotatable bonds is 5. The highest BCUT2D eigenvalue weighted by atomic mass is 32.2. The van der Waals surface area contributed by atoms with Gasteiger partial charge in [0, 0.05) is 4.88 Å². The molecule has 0 aliphatic carbocycles. The monoisotopic (exact) mass is 357 g/mol. The molecule has 2 aromatic carbocycles. The normalized spacial score (nSPS) is 12.9. The van der Waals surface area contributed by atoms with Crippen LogP contribution < -0.4 is 4.72 Å². The second kappa shape index (κ2) is 6.89. The third kappa shape index (κ3) is 3.59. The summed E-state index contributed by atoms with van der Waals surface area (Å²) in [5.74, 6) is 0. The largest absolute Gasteiger partial charge is 0.241 e. The standard InChI is InChI=1S/C19H19NO2S2/c1-14-8-10-17(11-9-14)24(21,22)20-19(16-6-4-3-5-7-16)18-12-13-23-15(18)2/h3-13,19-20H,1-2H3. The first-order valence-corrected chi connectivity index (χ1v) is 10.0. The number of thiophene rings is 1. The predicted molar refractivity (Wildman–Crippen MR) is 98.8 cm³/mol. The zero-order valence-corrected chi connectivity index (χ0v) is 15.2. The van der Waals surface area contributed by atoms with Crippen LogP contribution in [0.3, 0.4) is 0 Å². The molecule has 1 N–H and O–H groups in total. The van der Waals surface area contributed by atoms with Gasteiger partial charge in [0.2, 0.25) is 10.0 Å². The zero-order valence-electron chi connectivity index (χ0n) is 13.6. The molecular weight excluding hydrogens is 338 g/mol. The molecule has 1 unspecified atom stereocenters. The van der Waals surface area contributed by atoms with Crippen molar-refractivity contribution >= 4 is 21.4 Å². The molecule has 0 bridgehead atoms. The summed E-state index contributed by atoms with van der Waals surface area (Å²) < 4.78 is 28.5. The van der Waals surface area contributed by atoms with E-state index in [1.54, 1.807) is 23.5 Å². The van der Waals surface area contributed by atoms with E-state index in [-0.39, 0.29) is 4.90 Å². The van der Waals surface area contributed by atoms with Crippen molar-refractivity contribution in [2.24, 2.45) is 0 Å². The lowest BCUT2D eigenvalue weighted by Crippen LogP contribution is -2.29. The van der Waals surface area contributed by atoms with E-state index in [0.717, 1.165) is 21.6 Å². The fourth-order valence-electron chi connectivity index (χ4n) is 2.59. The second-order valence-corrected chi connectivity index (χ2v) is 8.54. The maximum Gasteiger partial charge on any atom is 0.241 e. The number of nitrogens with one attached hydrogen (secondary N) is 1. The molecule has 0 radical (unpaired) electrons. The van der Waals surface area contributed by atoms with E-state index in [2.05, 4.69) is 4.72 Å². The van der Waals surface area contributed by atoms with Gasteiger partial charge in [-0.2, -0.15) is 4.72 Å². The molecule has 0 aliphatic rings. The average Bonchev–Trinajstić information content (AvgIpc) is 3.00. The van der Waals surface area contributed by atoms with Gasteiger partial charge in [0.15, 0.2) is 0 Å². The Balaban J connectivity index is 2.01. The average molecular weight is 358 g/mol. The number of aryl methyl sites for hydroxylation is 2. The number of hydrogen-bond donors (Lipinski definition) is 1. The Kier molecular flexibility index (Phi) is 4.85. The van der Waals surface area contributed by atoms with Crippen LogP contribution in [0, 0.1) is 13.8 Å². The lowest BCUT2D eigenvalue weighted by Gasteiger charge is -2.20. The molecule has 3 rings (SSSR count). The molecular formula is C19H19NO2S2. The minimum absolute atomic E-state index is 0.280. The fourth-order valence-corrected chi connectivity index (χ4v) is 4.54. The van der Waals surface area contributed by atoms with E-state index < -0.39 is 16.1 Å². The van der Waals surface area contributed by atoms with Crippen molar-refractivity contribution in [2.75, 3.05) is 0 Å². The third-order valence-electron chi connectivity index (χ3n) is 3.95. The van der Waals surface area contributed by atoms with Crippen LogP contribution in [0.5, 0.6) is 0 Å². The Bertz CT molecular complexity index is 914. The summed E-state index contributed by atoms with van der Waals surface area (Å²) in [5, 5.41) is 1.99. The van der Waals surface area contributed by atoms with E-state index in [4.69, 9.17) is 0 Å². The SMILES string of the molecule is Cc1ccc(S(=O)(=O)NC(c2ccccc2)c2ccsc2C)cc1. The first kappa shape index (κ1) is 16.9. The number of sulfonamides is 1. The number of hydrogen-bond acceptors (Lipinski definition) is 3. The summed E-state index contributed by atoms with van der Waals surface area (Å²) in [6.07, 6.45) is 0. The number of benzene rings is 2. The van der Waals surface area contributed by atoms with Gasteiger partial charge in [0.1, 0.15) is 0 Å². The first-order valence-electron chi connectivity index (χ1n) is 7.65. The Morgan fingerprint density at radius 1 is 0.917 bits per heavy atom. The molecule has 3 nitrogen and oxygen atoms in total. The molecule has 1 atom stereocenters. The van der Waals surface area contributed by atoms with Gasteiger partial charge in [0.05, 0.1) is 10.9 Å². The van der Waals surface area contributed by atoms with Gasteiger partial charge in [-0.25, -0.2) is 8.42 Å². The Morgan fingerprint density at radius 2 is 1.58 bits per heavy atom. The highest BCUT2D eigenvalue weighted by Crippen LogP contribution is 2.29. The molecule has 1 aromatic heterocycles. The van der Waals surface area contributed by atoms with Crippen molar-refractivity contribution < 1.29 is 8.42 Å². The fraction of sp³-hybridized carbons (Fsp3) is 0.158. The quantitative estimate of drug-likeness (QED) is 0.734. The lowest BCUT2D eigenvalue weighted by molar-refractivity contribution is 0.572. The van der Waals surface area contributed by atoms with Gasteiger partial charge in [-0.05, 0) is 48.6 Å². The lowest BCUT2D eigenvalue weighted by atomic mass is 10.0. The van der Waals surface area contributed by atoms with E-state index in [1.807, 2.05) is 67.8 Å². The highest BCUT2D eigenvalue weighted by Gasteiger charge is 2.24. The van der Waals surface area contributed by atoms with Crippen molar-refractivity contribution in [1.82, 2.24) is 4.72 Å².